The van der Waals surface area contributed by atoms with Crippen LogP contribution in [0.2, 0.25) is 0 Å². The summed E-state index contributed by atoms with van der Waals surface area (Å²) in [6, 6.07) is 7.86. The lowest BCUT2D eigenvalue weighted by molar-refractivity contribution is 0.0125. The first-order chi connectivity index (χ1) is 13.7. The highest BCUT2D eigenvalue weighted by atomic mass is 35.5. The maximum Gasteiger partial charge on any atom is 0.411 e. The zero-order chi connectivity index (χ0) is 20.2. The lowest BCUT2D eigenvalue weighted by atomic mass is 9.91. The minimum Gasteiger partial charge on any atom is -0.494 e. The molecule has 1 saturated carbocycles. The fourth-order valence-corrected chi connectivity index (χ4v) is 3.96. The van der Waals surface area contributed by atoms with Gasteiger partial charge in [0.2, 0.25) is 0 Å². The molecule has 2 atom stereocenters. The smallest absolute Gasteiger partial charge is 0.411 e. The van der Waals surface area contributed by atoms with E-state index < -0.39 is 0 Å². The fourth-order valence-electron chi connectivity index (χ4n) is 3.96. The Balaban J connectivity index is 0.00000420. The van der Waals surface area contributed by atoms with Gasteiger partial charge in [0.1, 0.15) is 11.9 Å². The van der Waals surface area contributed by atoms with Crippen LogP contribution in [0.3, 0.4) is 0 Å². The van der Waals surface area contributed by atoms with Gasteiger partial charge < -0.3 is 9.47 Å². The third-order valence-electron chi connectivity index (χ3n) is 5.57. The van der Waals surface area contributed by atoms with Crippen LogP contribution < -0.4 is 10.1 Å². The van der Waals surface area contributed by atoms with Crippen LogP contribution in [0.15, 0.2) is 24.3 Å². The van der Waals surface area contributed by atoms with E-state index in [1.165, 1.54) is 25.7 Å². The monoisotopic (exact) mass is 426 g/mol. The number of halogens is 1. The van der Waals surface area contributed by atoms with E-state index >= 15 is 0 Å². The molecule has 1 amide bonds. The summed E-state index contributed by atoms with van der Waals surface area (Å²) in [6.07, 6.45) is 8.76. The van der Waals surface area contributed by atoms with Crippen LogP contribution in [0, 0.1) is 0 Å². The molecule has 2 unspecified atom stereocenters. The van der Waals surface area contributed by atoms with E-state index in [2.05, 4.69) is 31.0 Å². The normalized spacial score (nSPS) is 18.8. The summed E-state index contributed by atoms with van der Waals surface area (Å²) >= 11 is 0. The standard InChI is InChI=1S/C23H38N2O3.ClH/c1-4-7-8-11-18-27-20-16-14-19(15-17-20)24-23(26)28-22-13-10-9-12-21(22)25(5-2)6-3;/h14-17,21-22H,4-13,18H2,1-3H3,(H,24,26);1H. The molecule has 1 aromatic rings. The summed E-state index contributed by atoms with van der Waals surface area (Å²) in [6.45, 7) is 9.26. The van der Waals surface area contributed by atoms with Gasteiger partial charge in [0.25, 0.3) is 0 Å². The van der Waals surface area contributed by atoms with Gasteiger partial charge in [0.15, 0.2) is 0 Å². The predicted octanol–water partition coefficient (Wildman–Crippen LogP) is 6.27. The second-order valence-electron chi connectivity index (χ2n) is 7.58. The van der Waals surface area contributed by atoms with Crippen molar-refractivity contribution in [2.24, 2.45) is 0 Å². The van der Waals surface area contributed by atoms with Gasteiger partial charge in [-0.2, -0.15) is 0 Å². The Hall–Kier alpha value is -1.46. The van der Waals surface area contributed by atoms with Crippen molar-refractivity contribution >= 4 is 24.2 Å². The topological polar surface area (TPSA) is 50.8 Å². The Kier molecular flexibility index (Phi) is 12.8. The molecule has 0 bridgehead atoms. The Morgan fingerprint density at radius 2 is 1.72 bits per heavy atom. The number of ether oxygens (including phenoxy) is 2. The molecule has 166 valence electrons. The molecule has 0 radical (unpaired) electrons. The van der Waals surface area contributed by atoms with Crippen LogP contribution >= 0.6 is 12.4 Å². The third kappa shape index (κ3) is 8.83. The highest BCUT2D eigenvalue weighted by molar-refractivity contribution is 5.85. The van der Waals surface area contributed by atoms with Gasteiger partial charge in [-0.05, 0) is 63.0 Å². The van der Waals surface area contributed by atoms with Gasteiger partial charge in [-0.25, -0.2) is 4.79 Å². The first-order valence-corrected chi connectivity index (χ1v) is 11.1. The van der Waals surface area contributed by atoms with Crippen LogP contribution in [-0.2, 0) is 4.74 Å². The van der Waals surface area contributed by atoms with Crippen molar-refractivity contribution in [1.82, 2.24) is 4.90 Å². The minimum absolute atomic E-state index is 0. The van der Waals surface area contributed by atoms with E-state index in [4.69, 9.17) is 9.47 Å². The van der Waals surface area contributed by atoms with E-state index in [0.29, 0.717) is 6.04 Å². The van der Waals surface area contributed by atoms with E-state index in [1.54, 1.807) is 0 Å². The Morgan fingerprint density at radius 1 is 1.03 bits per heavy atom. The summed E-state index contributed by atoms with van der Waals surface area (Å²) in [4.78, 5) is 14.8. The summed E-state index contributed by atoms with van der Waals surface area (Å²) < 4.78 is 11.6. The number of rotatable bonds is 11. The van der Waals surface area contributed by atoms with Crippen LogP contribution in [0.1, 0.15) is 72.1 Å². The molecular weight excluding hydrogens is 388 g/mol. The van der Waals surface area contributed by atoms with Crippen LogP contribution in [0.25, 0.3) is 0 Å². The molecule has 29 heavy (non-hydrogen) atoms. The zero-order valence-corrected chi connectivity index (χ0v) is 19.1. The number of benzene rings is 1. The highest BCUT2D eigenvalue weighted by Crippen LogP contribution is 2.26. The van der Waals surface area contributed by atoms with Crippen molar-refractivity contribution in [1.29, 1.82) is 0 Å². The number of nitrogens with one attached hydrogen (secondary N) is 1. The molecule has 1 aliphatic rings. The van der Waals surface area contributed by atoms with E-state index in [1.807, 2.05) is 24.3 Å². The third-order valence-corrected chi connectivity index (χ3v) is 5.57. The minimum atomic E-state index is -0.364. The predicted molar refractivity (Wildman–Crippen MR) is 122 cm³/mol. The molecule has 1 aliphatic carbocycles. The molecular formula is C23H39ClN2O3. The zero-order valence-electron chi connectivity index (χ0n) is 18.3. The lowest BCUT2D eigenvalue weighted by Gasteiger charge is -2.38. The lowest BCUT2D eigenvalue weighted by Crippen LogP contribution is -2.47. The Labute approximate surface area is 182 Å². The van der Waals surface area contributed by atoms with E-state index in [9.17, 15) is 4.79 Å². The van der Waals surface area contributed by atoms with Crippen LogP contribution in [0.5, 0.6) is 5.75 Å². The quantitative estimate of drug-likeness (QED) is 0.423. The number of hydrogen-bond donors (Lipinski definition) is 1. The fraction of sp³-hybridized carbons (Fsp3) is 0.696. The summed E-state index contributed by atoms with van der Waals surface area (Å²) in [5.41, 5.74) is 0.735. The van der Waals surface area contributed by atoms with Crippen molar-refractivity contribution in [2.75, 3.05) is 25.0 Å². The number of hydrogen-bond acceptors (Lipinski definition) is 4. The van der Waals surface area contributed by atoms with Crippen LogP contribution in [0.4, 0.5) is 10.5 Å². The largest absolute Gasteiger partial charge is 0.494 e. The van der Waals surface area contributed by atoms with Crippen molar-refractivity contribution in [2.45, 2.75) is 84.3 Å². The molecule has 2 rings (SSSR count). The Morgan fingerprint density at radius 3 is 2.38 bits per heavy atom. The van der Waals surface area contributed by atoms with Gasteiger partial charge in [0.05, 0.1) is 6.61 Å². The van der Waals surface area contributed by atoms with E-state index in [0.717, 1.165) is 56.8 Å². The molecule has 1 N–H and O–H groups in total. The number of carbonyl (C=O) groups is 1. The summed E-state index contributed by atoms with van der Waals surface area (Å²) in [5.74, 6) is 0.837. The van der Waals surface area contributed by atoms with Crippen molar-refractivity contribution in [3.63, 3.8) is 0 Å². The van der Waals surface area contributed by atoms with Gasteiger partial charge in [-0.1, -0.05) is 46.5 Å². The molecule has 0 heterocycles. The van der Waals surface area contributed by atoms with Crippen molar-refractivity contribution in [3.05, 3.63) is 24.3 Å². The molecule has 0 aromatic heterocycles. The molecule has 6 heteroatoms. The second-order valence-corrected chi connectivity index (χ2v) is 7.58. The summed E-state index contributed by atoms with van der Waals surface area (Å²) in [7, 11) is 0. The molecule has 0 aliphatic heterocycles. The van der Waals surface area contributed by atoms with Crippen LogP contribution in [-0.4, -0.2) is 42.8 Å². The molecule has 1 fully saturated rings. The van der Waals surface area contributed by atoms with Gasteiger partial charge >= 0.3 is 6.09 Å². The van der Waals surface area contributed by atoms with Crippen molar-refractivity contribution in [3.8, 4) is 5.75 Å². The Bertz CT molecular complexity index is 564. The number of carbonyl (C=O) groups excluding carboxylic acids is 1. The SMILES string of the molecule is CCCCCCOc1ccc(NC(=O)OC2CCCCC2N(CC)CC)cc1.Cl. The van der Waals surface area contributed by atoms with Crippen molar-refractivity contribution < 1.29 is 14.3 Å². The molecule has 1 aromatic carbocycles. The average molecular weight is 427 g/mol. The number of anilines is 1. The number of likely N-dealkylation sites (N-methyl/N-ethyl adjacent to an activating group) is 1. The summed E-state index contributed by atoms with van der Waals surface area (Å²) in [5, 5.41) is 2.86. The number of unbranched alkanes of at least 4 members (excludes halogenated alkanes) is 3. The molecule has 5 nitrogen and oxygen atoms in total. The number of amides is 1. The van der Waals surface area contributed by atoms with Gasteiger partial charge in [-0.3, -0.25) is 10.2 Å². The van der Waals surface area contributed by atoms with E-state index in [-0.39, 0.29) is 24.6 Å². The first kappa shape index (κ1) is 25.6. The van der Waals surface area contributed by atoms with Gasteiger partial charge in [-0.15, -0.1) is 12.4 Å². The number of nitrogens with zero attached hydrogens (tertiary/aromatic N) is 1. The maximum atomic E-state index is 12.4. The highest BCUT2D eigenvalue weighted by Gasteiger charge is 2.31. The first-order valence-electron chi connectivity index (χ1n) is 11.1. The maximum absolute atomic E-state index is 12.4. The second kappa shape index (κ2) is 14.5. The molecule has 0 spiro atoms. The molecule has 0 saturated heterocycles. The average Bonchev–Trinajstić information content (AvgIpc) is 2.71. The van der Waals surface area contributed by atoms with Gasteiger partial charge in [0, 0.05) is 11.7 Å².